The van der Waals surface area contributed by atoms with E-state index < -0.39 is 23.9 Å². The molecule has 1 unspecified atom stereocenters. The van der Waals surface area contributed by atoms with E-state index in [4.69, 9.17) is 20.9 Å². The summed E-state index contributed by atoms with van der Waals surface area (Å²) in [4.78, 5) is 36.6. The van der Waals surface area contributed by atoms with E-state index >= 15 is 0 Å². The third-order valence-electron chi connectivity index (χ3n) is 5.01. The van der Waals surface area contributed by atoms with Crippen molar-refractivity contribution in [1.29, 1.82) is 0 Å². The number of anilines is 2. The quantitative estimate of drug-likeness (QED) is 0.411. The number of amides is 3. The molecule has 1 heterocycles. The molecule has 0 spiro atoms. The minimum atomic E-state index is -0.807. The van der Waals surface area contributed by atoms with Gasteiger partial charge in [-0.1, -0.05) is 48.8 Å². The van der Waals surface area contributed by atoms with Crippen LogP contribution in [0.5, 0.6) is 0 Å². The van der Waals surface area contributed by atoms with E-state index in [2.05, 4.69) is 21.1 Å². The van der Waals surface area contributed by atoms with Crippen LogP contribution >= 0.6 is 11.6 Å². The number of carbonyl (C=O) groups excluding carboxylic acids is 3. The molecule has 3 aromatic rings. The van der Waals surface area contributed by atoms with Crippen LogP contribution in [-0.2, 0) is 9.53 Å². The van der Waals surface area contributed by atoms with E-state index in [-0.39, 0.29) is 11.7 Å². The first kappa shape index (κ1) is 24.8. The average molecular weight is 485 g/mol. The zero-order valence-electron chi connectivity index (χ0n) is 19.1. The fraction of sp³-hybridized carbons (Fsp3) is 0.250. The first-order chi connectivity index (χ1) is 16.2. The molecule has 0 aliphatic heterocycles. The van der Waals surface area contributed by atoms with Gasteiger partial charge in [0.25, 0.3) is 5.91 Å². The number of urea groups is 1. The van der Waals surface area contributed by atoms with Gasteiger partial charge in [0.1, 0.15) is 11.7 Å². The van der Waals surface area contributed by atoms with Crippen LogP contribution in [-0.4, -0.2) is 36.2 Å². The van der Waals surface area contributed by atoms with Crippen molar-refractivity contribution < 1.29 is 23.6 Å². The number of carbonyl (C=O) groups is 3. The highest BCUT2D eigenvalue weighted by Crippen LogP contribution is 2.23. The Kier molecular flexibility index (Phi) is 7.91. The molecule has 3 rings (SSSR count). The highest BCUT2D eigenvalue weighted by molar-refractivity contribution is 6.31. The van der Waals surface area contributed by atoms with Crippen LogP contribution in [0.3, 0.4) is 0 Å². The lowest BCUT2D eigenvalue weighted by atomic mass is 10.0. The van der Waals surface area contributed by atoms with Gasteiger partial charge in [0, 0.05) is 28.0 Å². The largest absolute Gasteiger partial charge is 0.467 e. The van der Waals surface area contributed by atoms with Crippen LogP contribution in [0.2, 0.25) is 5.02 Å². The molecule has 1 atom stereocenters. The molecular formula is C24H25ClN4O5. The molecule has 34 heavy (non-hydrogen) atoms. The van der Waals surface area contributed by atoms with Crippen LogP contribution < -0.4 is 16.0 Å². The summed E-state index contributed by atoms with van der Waals surface area (Å²) in [6.07, 6.45) is 0. The van der Waals surface area contributed by atoms with Crippen LogP contribution in [0.15, 0.2) is 53.1 Å². The minimum absolute atomic E-state index is 0.0390. The number of hydrogen-bond donors (Lipinski definition) is 3. The molecule has 10 heteroatoms. The van der Waals surface area contributed by atoms with Gasteiger partial charge in [-0.25, -0.2) is 9.59 Å². The number of hydrogen-bond acceptors (Lipinski definition) is 6. The molecule has 3 amide bonds. The summed E-state index contributed by atoms with van der Waals surface area (Å²) in [5.74, 6) is -1.32. The Balaban J connectivity index is 1.62. The molecular weight excluding hydrogens is 460 g/mol. The highest BCUT2D eigenvalue weighted by atomic mass is 35.5. The van der Waals surface area contributed by atoms with Gasteiger partial charge < -0.3 is 25.2 Å². The van der Waals surface area contributed by atoms with Crippen molar-refractivity contribution in [2.45, 2.75) is 26.8 Å². The number of ether oxygens (including phenoxy) is 1. The van der Waals surface area contributed by atoms with Crippen LogP contribution in [0.4, 0.5) is 16.2 Å². The maximum absolute atomic E-state index is 12.5. The van der Waals surface area contributed by atoms with Crippen LogP contribution in [0.1, 0.15) is 30.0 Å². The molecule has 1 aromatic heterocycles. The third kappa shape index (κ3) is 6.14. The monoisotopic (exact) mass is 484 g/mol. The summed E-state index contributed by atoms with van der Waals surface area (Å²) in [5.41, 5.74) is 3.14. The van der Waals surface area contributed by atoms with E-state index in [1.807, 2.05) is 13.0 Å². The fourth-order valence-electron chi connectivity index (χ4n) is 3.04. The number of methoxy groups -OCH3 is 1. The summed E-state index contributed by atoms with van der Waals surface area (Å²) in [7, 11) is 1.26. The summed E-state index contributed by atoms with van der Waals surface area (Å²) < 4.78 is 9.88. The van der Waals surface area contributed by atoms with Gasteiger partial charge in [-0.05, 0) is 42.7 Å². The second kappa shape index (κ2) is 10.8. The molecule has 178 valence electrons. The molecule has 3 N–H and O–H groups in total. The van der Waals surface area contributed by atoms with Gasteiger partial charge in [0.15, 0.2) is 0 Å². The van der Waals surface area contributed by atoms with Crippen molar-refractivity contribution in [1.82, 2.24) is 10.5 Å². The number of nitrogens with one attached hydrogen (secondary N) is 3. The summed E-state index contributed by atoms with van der Waals surface area (Å²) >= 11 is 6.08. The van der Waals surface area contributed by atoms with Crippen molar-refractivity contribution in [3.05, 3.63) is 64.9 Å². The third-order valence-corrected chi connectivity index (χ3v) is 5.42. The van der Waals surface area contributed by atoms with Gasteiger partial charge in [-0.2, -0.15) is 0 Å². The molecule has 0 saturated heterocycles. The Morgan fingerprint density at radius 3 is 2.26 bits per heavy atom. The van der Waals surface area contributed by atoms with Gasteiger partial charge in [0.2, 0.25) is 5.76 Å². The molecule has 0 saturated carbocycles. The summed E-state index contributed by atoms with van der Waals surface area (Å²) in [6, 6.07) is 12.3. The lowest BCUT2D eigenvalue weighted by Crippen LogP contribution is -2.44. The first-order valence-electron chi connectivity index (χ1n) is 10.5. The Hall–Kier alpha value is -3.85. The van der Waals surface area contributed by atoms with E-state index in [1.165, 1.54) is 13.2 Å². The van der Waals surface area contributed by atoms with Gasteiger partial charge in [-0.15, -0.1) is 0 Å². The Labute approximate surface area is 201 Å². The SMILES string of the molecule is COC(=O)C(NC(=O)c1cc(-c2ccc(NC(=O)Nc3ccc(C)c(Cl)c3)cc2)no1)C(C)C. The van der Waals surface area contributed by atoms with Crippen molar-refractivity contribution in [2.24, 2.45) is 5.92 Å². The van der Waals surface area contributed by atoms with E-state index in [0.29, 0.717) is 27.7 Å². The van der Waals surface area contributed by atoms with Gasteiger partial charge >= 0.3 is 12.0 Å². The van der Waals surface area contributed by atoms with Crippen LogP contribution in [0, 0.1) is 12.8 Å². The maximum atomic E-state index is 12.5. The fourth-order valence-corrected chi connectivity index (χ4v) is 3.22. The summed E-state index contributed by atoms with van der Waals surface area (Å²) in [5, 5.41) is 12.5. The molecule has 2 aromatic carbocycles. The lowest BCUT2D eigenvalue weighted by Gasteiger charge is -2.18. The lowest BCUT2D eigenvalue weighted by molar-refractivity contribution is -0.144. The van der Waals surface area contributed by atoms with Crippen molar-refractivity contribution in [3.63, 3.8) is 0 Å². The summed E-state index contributed by atoms with van der Waals surface area (Å²) in [6.45, 7) is 5.46. The van der Waals surface area contributed by atoms with Crippen molar-refractivity contribution in [3.8, 4) is 11.3 Å². The predicted molar refractivity (Wildman–Crippen MR) is 129 cm³/mol. The molecule has 0 aliphatic rings. The maximum Gasteiger partial charge on any atom is 0.328 e. The molecule has 0 radical (unpaired) electrons. The van der Waals surface area contributed by atoms with Gasteiger partial charge in [0.05, 0.1) is 7.11 Å². The highest BCUT2D eigenvalue weighted by Gasteiger charge is 2.27. The Morgan fingerprint density at radius 2 is 1.65 bits per heavy atom. The normalized spacial score (nSPS) is 11.6. The van der Waals surface area contributed by atoms with Gasteiger partial charge in [-0.3, -0.25) is 4.79 Å². The molecule has 9 nitrogen and oxygen atoms in total. The topological polar surface area (TPSA) is 123 Å². The Morgan fingerprint density at radius 1 is 1.00 bits per heavy atom. The number of esters is 1. The smallest absolute Gasteiger partial charge is 0.328 e. The second-order valence-corrected chi connectivity index (χ2v) is 8.32. The zero-order valence-corrected chi connectivity index (χ0v) is 19.9. The molecule has 0 aliphatic carbocycles. The zero-order chi connectivity index (χ0) is 24.8. The second-order valence-electron chi connectivity index (χ2n) is 7.92. The van der Waals surface area contributed by atoms with E-state index in [1.54, 1.807) is 50.2 Å². The first-order valence-corrected chi connectivity index (χ1v) is 10.9. The average Bonchev–Trinajstić information content (AvgIpc) is 3.30. The number of halogens is 1. The molecule has 0 fully saturated rings. The number of aromatic nitrogens is 1. The number of rotatable bonds is 7. The molecule has 0 bridgehead atoms. The van der Waals surface area contributed by atoms with E-state index in [9.17, 15) is 14.4 Å². The Bertz CT molecular complexity index is 1190. The standard InChI is InChI=1S/C24H25ClN4O5/c1-13(2)21(23(31)33-4)28-22(30)20-12-19(29-34-20)15-6-9-16(10-7-15)26-24(32)27-17-8-5-14(3)18(25)11-17/h5-13,21H,1-4H3,(H,28,30)(H2,26,27,32). The number of aryl methyl sites for hydroxylation is 1. The number of nitrogens with zero attached hydrogens (tertiary/aromatic N) is 1. The number of benzene rings is 2. The minimum Gasteiger partial charge on any atom is -0.467 e. The van der Waals surface area contributed by atoms with E-state index in [0.717, 1.165) is 5.56 Å². The van der Waals surface area contributed by atoms with Crippen molar-refractivity contribution in [2.75, 3.05) is 17.7 Å². The predicted octanol–water partition coefficient (Wildman–Crippen LogP) is 4.87. The van der Waals surface area contributed by atoms with Crippen molar-refractivity contribution >= 4 is 40.9 Å². The van der Waals surface area contributed by atoms with Crippen LogP contribution in [0.25, 0.3) is 11.3 Å².